The van der Waals surface area contributed by atoms with Gasteiger partial charge < -0.3 is 4.90 Å². The van der Waals surface area contributed by atoms with Crippen LogP contribution < -0.4 is 4.90 Å². The van der Waals surface area contributed by atoms with Gasteiger partial charge in [0, 0.05) is 49.4 Å². The number of rotatable bonds is 2. The molecule has 2 aromatic carbocycles. The van der Waals surface area contributed by atoms with E-state index in [0.717, 1.165) is 67.0 Å². The highest BCUT2D eigenvalue weighted by molar-refractivity contribution is 5.64. The first-order chi connectivity index (χ1) is 21.1. The van der Waals surface area contributed by atoms with Gasteiger partial charge in [0.2, 0.25) is 0 Å². The van der Waals surface area contributed by atoms with Crippen molar-refractivity contribution in [2.75, 3.05) is 4.90 Å². The van der Waals surface area contributed by atoms with E-state index in [9.17, 15) is 0 Å². The molecule has 0 radical (unpaired) electrons. The molecule has 1 heteroatoms. The molecule has 0 aromatic heterocycles. The first-order valence-electron chi connectivity index (χ1n) is 17.5. The molecular weight excluding hydrogens is 530 g/mol. The van der Waals surface area contributed by atoms with Crippen molar-refractivity contribution in [1.29, 1.82) is 0 Å². The van der Waals surface area contributed by atoms with Crippen LogP contribution in [0.25, 0.3) is 0 Å². The Morgan fingerprint density at radius 2 is 1.23 bits per heavy atom. The molecule has 1 nitrogen and oxygen atoms in total. The van der Waals surface area contributed by atoms with E-state index in [1.54, 1.807) is 0 Å². The van der Waals surface area contributed by atoms with Crippen LogP contribution in [-0.4, -0.2) is 6.04 Å². The quantitative estimate of drug-likeness (QED) is 0.315. The molecule has 0 N–H and O–H groups in total. The third kappa shape index (κ3) is 10.8. The standard InChI is InChI=1S/C18H17N.C13H20.C8H12.C4H10/c1-14(2)19-13-17-9-4-3-7-15(17)11-12-16-8-5-6-10-18(16)19;1-10(2)12-11-8-6-4-5-7-9-13(11,12)3;1-2-4-6-8-7-5-3-1;1-4(2)3/h3-10,14H,13H2,1-2H3;10-12H,6-9H2,1-3H3;1-6H2;4H,1-3H3. The molecule has 1 heterocycles. The van der Waals surface area contributed by atoms with Crippen molar-refractivity contribution < 1.29 is 0 Å². The fourth-order valence-corrected chi connectivity index (χ4v) is 6.95. The van der Waals surface area contributed by atoms with Gasteiger partial charge in [-0.15, -0.1) is 23.7 Å². The van der Waals surface area contributed by atoms with E-state index < -0.39 is 0 Å². The SMILES string of the molecule is C1#CCCCCCC1.CC(C)C.CC(C)C1C2CCC#CCCC21C.CC(C)N1Cc2ccccc2C#Cc2ccccc21. The lowest BCUT2D eigenvalue weighted by Gasteiger charge is -2.31. The van der Waals surface area contributed by atoms with Gasteiger partial charge in [-0.05, 0) is 92.4 Å². The van der Waals surface area contributed by atoms with Gasteiger partial charge in [0.15, 0.2) is 0 Å². The van der Waals surface area contributed by atoms with Crippen LogP contribution in [0.3, 0.4) is 0 Å². The van der Waals surface area contributed by atoms with Gasteiger partial charge in [0.25, 0.3) is 0 Å². The highest BCUT2D eigenvalue weighted by Gasteiger charge is 2.60. The lowest BCUT2D eigenvalue weighted by molar-refractivity contribution is 0.397. The average molecular weight is 590 g/mol. The van der Waals surface area contributed by atoms with Crippen molar-refractivity contribution in [2.45, 2.75) is 132 Å². The van der Waals surface area contributed by atoms with E-state index in [2.05, 4.69) is 144 Å². The Labute approximate surface area is 272 Å². The van der Waals surface area contributed by atoms with Gasteiger partial charge in [0.1, 0.15) is 0 Å². The van der Waals surface area contributed by atoms with Crippen molar-refractivity contribution in [3.63, 3.8) is 0 Å². The zero-order chi connectivity index (χ0) is 32.0. The summed E-state index contributed by atoms with van der Waals surface area (Å²) < 4.78 is 0. The number of hydrogen-bond acceptors (Lipinski definition) is 1. The average Bonchev–Trinajstić information content (AvgIpc) is 3.52. The van der Waals surface area contributed by atoms with E-state index in [-0.39, 0.29) is 0 Å². The minimum atomic E-state index is 0.453. The molecule has 0 amide bonds. The molecule has 0 saturated heterocycles. The molecule has 0 bridgehead atoms. The summed E-state index contributed by atoms with van der Waals surface area (Å²) in [7, 11) is 0. The number of anilines is 1. The first kappa shape index (κ1) is 35.4. The van der Waals surface area contributed by atoms with Crippen molar-refractivity contribution in [1.82, 2.24) is 0 Å². The summed E-state index contributed by atoms with van der Waals surface area (Å²) in [6.45, 7) is 19.1. The molecule has 236 valence electrons. The maximum atomic E-state index is 3.31. The van der Waals surface area contributed by atoms with Crippen LogP contribution in [0.1, 0.15) is 136 Å². The monoisotopic (exact) mass is 589 g/mol. The Morgan fingerprint density at radius 1 is 0.682 bits per heavy atom. The van der Waals surface area contributed by atoms with E-state index in [1.165, 1.54) is 49.8 Å². The molecule has 1 fully saturated rings. The van der Waals surface area contributed by atoms with Gasteiger partial charge in [-0.25, -0.2) is 0 Å². The summed E-state index contributed by atoms with van der Waals surface area (Å²) in [5, 5.41) is 0. The molecule has 3 atom stereocenters. The zero-order valence-electron chi connectivity index (χ0n) is 29.2. The maximum Gasteiger partial charge on any atom is 0.0530 e. The second-order valence-electron chi connectivity index (χ2n) is 14.4. The van der Waals surface area contributed by atoms with Crippen molar-refractivity contribution >= 4 is 5.69 Å². The van der Waals surface area contributed by atoms with Crippen LogP contribution in [0.2, 0.25) is 0 Å². The number of hydrogen-bond donors (Lipinski definition) is 0. The molecule has 1 saturated carbocycles. The van der Waals surface area contributed by atoms with E-state index in [4.69, 9.17) is 0 Å². The lowest BCUT2D eigenvalue weighted by Crippen LogP contribution is -2.31. The second-order valence-corrected chi connectivity index (χ2v) is 14.4. The molecule has 4 aliphatic rings. The van der Waals surface area contributed by atoms with E-state index in [1.807, 2.05) is 0 Å². The van der Waals surface area contributed by atoms with Gasteiger partial charge >= 0.3 is 0 Å². The van der Waals surface area contributed by atoms with Crippen molar-refractivity contribution in [3.05, 3.63) is 65.2 Å². The molecule has 6 rings (SSSR count). The van der Waals surface area contributed by atoms with Gasteiger partial charge in [-0.1, -0.05) is 96.6 Å². The Morgan fingerprint density at radius 3 is 1.86 bits per heavy atom. The molecule has 1 aliphatic heterocycles. The first-order valence-corrected chi connectivity index (χ1v) is 17.5. The fourth-order valence-electron chi connectivity index (χ4n) is 6.95. The zero-order valence-corrected chi connectivity index (χ0v) is 29.2. The topological polar surface area (TPSA) is 3.24 Å². The molecule has 0 spiro atoms. The molecular formula is C43H59N. The van der Waals surface area contributed by atoms with E-state index in [0.29, 0.717) is 11.5 Å². The van der Waals surface area contributed by atoms with Crippen LogP contribution in [0, 0.1) is 64.6 Å². The minimum Gasteiger partial charge on any atom is -0.364 e. The van der Waals surface area contributed by atoms with Gasteiger partial charge in [-0.2, -0.15) is 0 Å². The van der Waals surface area contributed by atoms with Crippen LogP contribution in [0.4, 0.5) is 5.69 Å². The smallest absolute Gasteiger partial charge is 0.0530 e. The lowest BCUT2D eigenvalue weighted by atomic mass is 9.93. The molecule has 2 aromatic rings. The summed E-state index contributed by atoms with van der Waals surface area (Å²) in [6.07, 6.45) is 12.7. The highest BCUT2D eigenvalue weighted by Crippen LogP contribution is 2.66. The molecule has 44 heavy (non-hydrogen) atoms. The molecule has 3 unspecified atom stereocenters. The number of nitrogens with zero attached hydrogens (tertiary/aromatic N) is 1. The van der Waals surface area contributed by atoms with Crippen LogP contribution in [0.15, 0.2) is 48.5 Å². The predicted octanol–water partition coefficient (Wildman–Crippen LogP) is 11.3. The van der Waals surface area contributed by atoms with Gasteiger partial charge in [0.05, 0.1) is 5.69 Å². The Hall–Kier alpha value is -3.08. The van der Waals surface area contributed by atoms with Crippen LogP contribution >= 0.6 is 0 Å². The number of benzene rings is 2. The van der Waals surface area contributed by atoms with E-state index >= 15 is 0 Å². The Bertz CT molecular complexity index is 1330. The maximum absolute atomic E-state index is 3.31. The minimum absolute atomic E-state index is 0.453. The van der Waals surface area contributed by atoms with Crippen molar-refractivity contribution in [2.24, 2.45) is 29.1 Å². The van der Waals surface area contributed by atoms with Crippen LogP contribution in [0.5, 0.6) is 0 Å². The summed E-state index contributed by atoms with van der Waals surface area (Å²) in [6, 6.07) is 17.3. The number of fused-ring (bicyclic) bond motifs is 3. The third-order valence-electron chi connectivity index (χ3n) is 9.15. The largest absolute Gasteiger partial charge is 0.364 e. The summed E-state index contributed by atoms with van der Waals surface area (Å²) in [4.78, 5) is 2.42. The summed E-state index contributed by atoms with van der Waals surface area (Å²) in [5.41, 5.74) is 5.45. The Kier molecular flexibility index (Phi) is 14.5. The molecule has 3 aliphatic carbocycles. The number of para-hydroxylation sites is 1. The third-order valence-corrected chi connectivity index (χ3v) is 9.15. The summed E-state index contributed by atoms with van der Waals surface area (Å²) >= 11 is 0. The normalized spacial score (nSPS) is 22.7. The Balaban J connectivity index is 0.000000183. The summed E-state index contributed by atoms with van der Waals surface area (Å²) in [5.74, 6) is 23.1. The highest BCUT2D eigenvalue weighted by atomic mass is 15.2. The second kappa shape index (κ2) is 18.0. The van der Waals surface area contributed by atoms with Crippen LogP contribution in [-0.2, 0) is 6.54 Å². The predicted molar refractivity (Wildman–Crippen MR) is 192 cm³/mol. The van der Waals surface area contributed by atoms with Crippen molar-refractivity contribution in [3.8, 4) is 35.5 Å². The van der Waals surface area contributed by atoms with Gasteiger partial charge in [-0.3, -0.25) is 0 Å². The fraction of sp³-hybridized carbons (Fsp3) is 0.581.